The Morgan fingerprint density at radius 2 is 2.21 bits per heavy atom. The first-order valence-corrected chi connectivity index (χ1v) is 7.00. The highest BCUT2D eigenvalue weighted by molar-refractivity contribution is 5.94. The fourth-order valence-electron chi connectivity index (χ4n) is 3.29. The van der Waals surface area contributed by atoms with Gasteiger partial charge in [0.15, 0.2) is 0 Å². The molecule has 1 fully saturated rings. The van der Waals surface area contributed by atoms with E-state index in [9.17, 15) is 4.79 Å². The summed E-state index contributed by atoms with van der Waals surface area (Å²) in [4.78, 5) is 11.6. The Balaban J connectivity index is 1.61. The van der Waals surface area contributed by atoms with Crippen molar-refractivity contribution in [2.75, 3.05) is 18.9 Å². The summed E-state index contributed by atoms with van der Waals surface area (Å²) in [5.74, 6) is 2.29. The first kappa shape index (κ1) is 12.3. The Morgan fingerprint density at radius 3 is 2.89 bits per heavy atom. The Labute approximate surface area is 114 Å². The highest BCUT2D eigenvalue weighted by atomic mass is 16.1. The van der Waals surface area contributed by atoms with Gasteiger partial charge in [0.1, 0.15) is 0 Å². The topological polar surface area (TPSA) is 41.1 Å². The van der Waals surface area contributed by atoms with Gasteiger partial charge < -0.3 is 10.6 Å². The second-order valence-corrected chi connectivity index (χ2v) is 5.58. The average Bonchev–Trinajstić information content (AvgIpc) is 3.07. The second kappa shape index (κ2) is 5.08. The lowest BCUT2D eigenvalue weighted by molar-refractivity contribution is 0.0963. The minimum absolute atomic E-state index is 0.0356. The van der Waals surface area contributed by atoms with Crippen LogP contribution in [-0.2, 0) is 0 Å². The van der Waals surface area contributed by atoms with Crippen molar-refractivity contribution in [2.24, 2.45) is 17.8 Å². The molecule has 1 aromatic carbocycles. The number of amides is 1. The van der Waals surface area contributed by atoms with Crippen molar-refractivity contribution in [1.29, 1.82) is 0 Å². The normalized spacial score (nSPS) is 27.5. The molecule has 100 valence electrons. The largest absolute Gasteiger partial charge is 0.385 e. The van der Waals surface area contributed by atoms with Gasteiger partial charge >= 0.3 is 0 Å². The van der Waals surface area contributed by atoms with Gasteiger partial charge in [-0.2, -0.15) is 0 Å². The van der Waals surface area contributed by atoms with Crippen molar-refractivity contribution in [3.8, 4) is 0 Å². The predicted octanol–water partition coefficient (Wildman–Crippen LogP) is 2.67. The van der Waals surface area contributed by atoms with E-state index in [0.717, 1.165) is 30.0 Å². The van der Waals surface area contributed by atoms with Gasteiger partial charge in [-0.3, -0.25) is 4.79 Å². The van der Waals surface area contributed by atoms with Gasteiger partial charge in [-0.05, 0) is 48.8 Å². The van der Waals surface area contributed by atoms with E-state index in [2.05, 4.69) is 22.8 Å². The molecule has 2 aliphatic rings. The van der Waals surface area contributed by atoms with Gasteiger partial charge in [0.2, 0.25) is 0 Å². The van der Waals surface area contributed by atoms with E-state index in [0.29, 0.717) is 5.56 Å². The molecule has 3 atom stereocenters. The first-order valence-electron chi connectivity index (χ1n) is 7.00. The monoisotopic (exact) mass is 256 g/mol. The Hall–Kier alpha value is -1.77. The lowest BCUT2D eigenvalue weighted by atomic mass is 9.93. The van der Waals surface area contributed by atoms with E-state index in [1.807, 2.05) is 24.3 Å². The second-order valence-electron chi connectivity index (χ2n) is 5.58. The summed E-state index contributed by atoms with van der Waals surface area (Å²) in [6, 6.07) is 7.70. The highest BCUT2D eigenvalue weighted by Gasteiger charge is 2.35. The first-order chi connectivity index (χ1) is 9.26. The molecule has 3 heteroatoms. The zero-order valence-corrected chi connectivity index (χ0v) is 11.2. The van der Waals surface area contributed by atoms with Gasteiger partial charge in [0.05, 0.1) is 0 Å². The number of fused-ring (bicyclic) bond motifs is 2. The quantitative estimate of drug-likeness (QED) is 0.813. The zero-order chi connectivity index (χ0) is 13.2. The van der Waals surface area contributed by atoms with Crippen molar-refractivity contribution >= 4 is 11.6 Å². The van der Waals surface area contributed by atoms with Gasteiger partial charge in [-0.25, -0.2) is 0 Å². The molecule has 2 bridgehead atoms. The number of anilines is 1. The summed E-state index contributed by atoms with van der Waals surface area (Å²) >= 11 is 0. The van der Waals surface area contributed by atoms with Gasteiger partial charge in [-0.1, -0.05) is 18.2 Å². The van der Waals surface area contributed by atoms with Crippen LogP contribution in [-0.4, -0.2) is 19.5 Å². The molecule has 0 aliphatic heterocycles. The van der Waals surface area contributed by atoms with Crippen LogP contribution < -0.4 is 10.6 Å². The standard InChI is InChI=1S/C16H20N2O/c1-17-16(19)13-3-2-4-15(9-13)18-10-14-8-11-5-6-12(14)7-11/h2-6,9,11-12,14,18H,7-8,10H2,1H3,(H,17,19). The van der Waals surface area contributed by atoms with E-state index in [-0.39, 0.29) is 5.91 Å². The smallest absolute Gasteiger partial charge is 0.251 e. The van der Waals surface area contributed by atoms with Gasteiger partial charge in [-0.15, -0.1) is 0 Å². The van der Waals surface area contributed by atoms with Crippen LogP contribution in [0, 0.1) is 17.8 Å². The Kier molecular flexibility index (Phi) is 3.28. The molecule has 3 nitrogen and oxygen atoms in total. The molecule has 1 aromatic rings. The van der Waals surface area contributed by atoms with Crippen LogP contribution in [0.3, 0.4) is 0 Å². The van der Waals surface area contributed by atoms with Crippen LogP contribution in [0.25, 0.3) is 0 Å². The summed E-state index contributed by atoms with van der Waals surface area (Å²) in [6.07, 6.45) is 7.39. The van der Waals surface area contributed by atoms with Gasteiger partial charge in [0, 0.05) is 24.8 Å². The lowest BCUT2D eigenvalue weighted by Gasteiger charge is -2.19. The maximum Gasteiger partial charge on any atom is 0.251 e. The third-order valence-corrected chi connectivity index (χ3v) is 4.34. The van der Waals surface area contributed by atoms with E-state index in [1.165, 1.54) is 12.8 Å². The molecule has 0 aromatic heterocycles. The molecule has 0 spiro atoms. The number of hydrogen-bond donors (Lipinski definition) is 2. The molecule has 1 amide bonds. The third kappa shape index (κ3) is 2.50. The van der Waals surface area contributed by atoms with Crippen LogP contribution in [0.1, 0.15) is 23.2 Å². The predicted molar refractivity (Wildman–Crippen MR) is 77.2 cm³/mol. The highest BCUT2D eigenvalue weighted by Crippen LogP contribution is 2.43. The fourth-order valence-corrected chi connectivity index (χ4v) is 3.29. The molecule has 3 unspecified atom stereocenters. The summed E-state index contributed by atoms with van der Waals surface area (Å²) in [5, 5.41) is 6.13. The van der Waals surface area contributed by atoms with Crippen molar-refractivity contribution in [3.63, 3.8) is 0 Å². The van der Waals surface area contributed by atoms with Crippen LogP contribution in [0.4, 0.5) is 5.69 Å². The number of nitrogens with one attached hydrogen (secondary N) is 2. The zero-order valence-electron chi connectivity index (χ0n) is 11.2. The molecule has 3 rings (SSSR count). The van der Waals surface area contributed by atoms with E-state index < -0.39 is 0 Å². The minimum Gasteiger partial charge on any atom is -0.385 e. The van der Waals surface area contributed by atoms with Crippen molar-refractivity contribution in [3.05, 3.63) is 42.0 Å². The molecule has 0 radical (unpaired) electrons. The summed E-state index contributed by atoms with van der Waals surface area (Å²) in [7, 11) is 1.66. The number of carbonyl (C=O) groups is 1. The van der Waals surface area contributed by atoms with Crippen LogP contribution in [0.15, 0.2) is 36.4 Å². The number of carbonyl (C=O) groups excluding carboxylic acids is 1. The average molecular weight is 256 g/mol. The van der Waals surface area contributed by atoms with E-state index in [4.69, 9.17) is 0 Å². The molecular weight excluding hydrogens is 236 g/mol. The van der Waals surface area contributed by atoms with Crippen molar-refractivity contribution in [2.45, 2.75) is 12.8 Å². The Bertz CT molecular complexity index is 509. The van der Waals surface area contributed by atoms with Crippen molar-refractivity contribution in [1.82, 2.24) is 5.32 Å². The molecule has 0 saturated heterocycles. The summed E-state index contributed by atoms with van der Waals surface area (Å²) < 4.78 is 0. The summed E-state index contributed by atoms with van der Waals surface area (Å²) in [6.45, 7) is 1.00. The van der Waals surface area contributed by atoms with Crippen LogP contribution in [0.2, 0.25) is 0 Å². The van der Waals surface area contributed by atoms with Crippen LogP contribution in [0.5, 0.6) is 0 Å². The van der Waals surface area contributed by atoms with Crippen molar-refractivity contribution < 1.29 is 4.79 Å². The number of hydrogen-bond acceptors (Lipinski definition) is 2. The minimum atomic E-state index is -0.0356. The van der Waals surface area contributed by atoms with Gasteiger partial charge in [0.25, 0.3) is 5.91 Å². The maximum atomic E-state index is 11.6. The van der Waals surface area contributed by atoms with Crippen LogP contribution >= 0.6 is 0 Å². The fraction of sp³-hybridized carbons (Fsp3) is 0.438. The lowest BCUT2D eigenvalue weighted by Crippen LogP contribution is -2.20. The molecule has 2 N–H and O–H groups in total. The molecule has 2 aliphatic carbocycles. The number of allylic oxidation sites excluding steroid dienone is 2. The molecule has 1 saturated carbocycles. The maximum absolute atomic E-state index is 11.6. The van der Waals surface area contributed by atoms with E-state index >= 15 is 0 Å². The number of rotatable bonds is 4. The molecular formula is C16H20N2O. The van der Waals surface area contributed by atoms with E-state index in [1.54, 1.807) is 7.05 Å². The summed E-state index contributed by atoms with van der Waals surface area (Å²) in [5.41, 5.74) is 1.74. The molecule has 0 heterocycles. The molecule has 19 heavy (non-hydrogen) atoms. The SMILES string of the molecule is CNC(=O)c1cccc(NCC2CC3C=CC2C3)c1. The number of benzene rings is 1. The third-order valence-electron chi connectivity index (χ3n) is 4.34. The Morgan fingerprint density at radius 1 is 1.32 bits per heavy atom.